The van der Waals surface area contributed by atoms with Gasteiger partial charge in [0.1, 0.15) is 0 Å². The van der Waals surface area contributed by atoms with Gasteiger partial charge in [0.05, 0.1) is 23.5 Å². The van der Waals surface area contributed by atoms with Crippen LogP contribution in [0.1, 0.15) is 32.7 Å². The number of ether oxygens (including phenoxy) is 1. The summed E-state index contributed by atoms with van der Waals surface area (Å²) < 4.78 is 35.0. The highest BCUT2D eigenvalue weighted by molar-refractivity contribution is 5.87. The van der Waals surface area contributed by atoms with Gasteiger partial charge in [-0.05, 0) is 38.8 Å². The number of fused-ring (bicyclic) bond motifs is 1. The van der Waals surface area contributed by atoms with Crippen LogP contribution in [0.15, 0.2) is 30.5 Å². The van der Waals surface area contributed by atoms with E-state index in [0.29, 0.717) is 22.8 Å². The third kappa shape index (κ3) is 2.62. The van der Waals surface area contributed by atoms with Crippen molar-refractivity contribution >= 4 is 10.9 Å². The van der Waals surface area contributed by atoms with Crippen LogP contribution in [0, 0.1) is 11.6 Å². The van der Waals surface area contributed by atoms with E-state index in [1.807, 2.05) is 26.0 Å². The summed E-state index contributed by atoms with van der Waals surface area (Å²) in [7, 11) is 0. The van der Waals surface area contributed by atoms with Gasteiger partial charge in [-0.2, -0.15) is 5.10 Å². The SMILES string of the molecule is CC(C)Oc1cc(-c2cc3cc(F)c(F)cc3n2C2CC2)cnn1. The van der Waals surface area contributed by atoms with Gasteiger partial charge in [0.15, 0.2) is 11.6 Å². The molecule has 3 aromatic rings. The van der Waals surface area contributed by atoms with Crippen LogP contribution in [-0.2, 0) is 0 Å². The summed E-state index contributed by atoms with van der Waals surface area (Å²) in [6.07, 6.45) is 3.70. The van der Waals surface area contributed by atoms with Crippen LogP contribution >= 0.6 is 0 Å². The molecule has 1 aromatic carbocycles. The van der Waals surface area contributed by atoms with Gasteiger partial charge in [-0.25, -0.2) is 8.78 Å². The normalized spacial score (nSPS) is 14.5. The van der Waals surface area contributed by atoms with Gasteiger partial charge >= 0.3 is 0 Å². The molecule has 0 saturated heterocycles. The zero-order valence-electron chi connectivity index (χ0n) is 13.5. The second kappa shape index (κ2) is 5.54. The van der Waals surface area contributed by atoms with E-state index in [-0.39, 0.29) is 6.10 Å². The van der Waals surface area contributed by atoms with E-state index in [2.05, 4.69) is 14.8 Å². The minimum Gasteiger partial charge on any atom is -0.474 e. The molecule has 0 atom stereocenters. The van der Waals surface area contributed by atoms with Gasteiger partial charge in [0.25, 0.3) is 0 Å². The van der Waals surface area contributed by atoms with Crippen LogP contribution in [0.4, 0.5) is 8.78 Å². The lowest BCUT2D eigenvalue weighted by Gasteiger charge is -2.11. The molecule has 0 bridgehead atoms. The average Bonchev–Trinajstić information content (AvgIpc) is 3.30. The van der Waals surface area contributed by atoms with Gasteiger partial charge in [-0.1, -0.05) is 0 Å². The Hall–Kier alpha value is -2.50. The number of nitrogens with zero attached hydrogens (tertiary/aromatic N) is 3. The molecule has 0 N–H and O–H groups in total. The molecule has 0 radical (unpaired) electrons. The molecule has 124 valence electrons. The van der Waals surface area contributed by atoms with E-state index in [1.165, 1.54) is 12.1 Å². The zero-order valence-corrected chi connectivity index (χ0v) is 13.5. The standard InChI is InChI=1S/C18H17F2N3O/c1-10(2)24-18-7-12(9-21-22-18)16-6-11-5-14(19)15(20)8-17(11)23(16)13-3-4-13/h5-10,13H,3-4H2,1-2H3. The summed E-state index contributed by atoms with van der Waals surface area (Å²) >= 11 is 0. The molecule has 2 aromatic heterocycles. The second-order valence-corrected chi connectivity index (χ2v) is 6.40. The highest BCUT2D eigenvalue weighted by atomic mass is 19.2. The van der Waals surface area contributed by atoms with Crippen molar-refractivity contribution < 1.29 is 13.5 Å². The Morgan fingerprint density at radius 3 is 2.58 bits per heavy atom. The molecule has 1 aliphatic rings. The quantitative estimate of drug-likeness (QED) is 0.707. The maximum absolute atomic E-state index is 13.7. The molecule has 0 unspecified atom stereocenters. The minimum atomic E-state index is -0.835. The van der Waals surface area contributed by atoms with E-state index in [1.54, 1.807) is 6.20 Å². The van der Waals surface area contributed by atoms with Gasteiger partial charge in [0.2, 0.25) is 5.88 Å². The van der Waals surface area contributed by atoms with Crippen LogP contribution in [-0.4, -0.2) is 20.9 Å². The predicted octanol–water partition coefficient (Wildman–Crippen LogP) is 4.50. The first-order valence-electron chi connectivity index (χ1n) is 8.02. The van der Waals surface area contributed by atoms with Crippen molar-refractivity contribution in [3.05, 3.63) is 42.1 Å². The highest BCUT2D eigenvalue weighted by Crippen LogP contribution is 2.43. The number of benzene rings is 1. The first-order chi connectivity index (χ1) is 11.5. The summed E-state index contributed by atoms with van der Waals surface area (Å²) in [5.74, 6) is -1.23. The van der Waals surface area contributed by atoms with Gasteiger partial charge in [-0.3, -0.25) is 0 Å². The fourth-order valence-electron chi connectivity index (χ4n) is 2.96. The Morgan fingerprint density at radius 1 is 1.12 bits per heavy atom. The minimum absolute atomic E-state index is 0.00738. The summed E-state index contributed by atoms with van der Waals surface area (Å²) in [6.45, 7) is 3.84. The lowest BCUT2D eigenvalue weighted by atomic mass is 10.2. The van der Waals surface area contributed by atoms with E-state index >= 15 is 0 Å². The maximum Gasteiger partial charge on any atom is 0.234 e. The van der Waals surface area contributed by atoms with Crippen molar-refractivity contribution in [1.29, 1.82) is 0 Å². The van der Waals surface area contributed by atoms with Crippen molar-refractivity contribution in [3.8, 4) is 17.1 Å². The Labute approximate surface area is 138 Å². The van der Waals surface area contributed by atoms with Crippen molar-refractivity contribution in [2.45, 2.75) is 38.8 Å². The summed E-state index contributed by atoms with van der Waals surface area (Å²) in [5.41, 5.74) is 2.40. The smallest absolute Gasteiger partial charge is 0.234 e. The molecular formula is C18H17F2N3O. The average molecular weight is 329 g/mol. The molecule has 24 heavy (non-hydrogen) atoms. The lowest BCUT2D eigenvalue weighted by Crippen LogP contribution is -2.07. The molecule has 0 amide bonds. The van der Waals surface area contributed by atoms with Gasteiger partial charge in [0, 0.05) is 29.1 Å². The van der Waals surface area contributed by atoms with Gasteiger partial charge in [-0.15, -0.1) is 5.10 Å². The zero-order chi connectivity index (χ0) is 16.8. The molecule has 2 heterocycles. The first kappa shape index (κ1) is 15.1. The number of hydrogen-bond acceptors (Lipinski definition) is 3. The molecule has 0 aliphatic heterocycles. The molecule has 1 fully saturated rings. The highest BCUT2D eigenvalue weighted by Gasteiger charge is 2.28. The Bertz CT molecular complexity index is 916. The van der Waals surface area contributed by atoms with Crippen molar-refractivity contribution in [3.63, 3.8) is 0 Å². The Balaban J connectivity index is 1.88. The largest absolute Gasteiger partial charge is 0.474 e. The van der Waals surface area contributed by atoms with Crippen molar-refractivity contribution in [2.75, 3.05) is 0 Å². The number of hydrogen-bond donors (Lipinski definition) is 0. The van der Waals surface area contributed by atoms with Crippen LogP contribution in [0.25, 0.3) is 22.2 Å². The molecule has 4 rings (SSSR count). The maximum atomic E-state index is 13.7. The molecule has 1 aliphatic carbocycles. The monoisotopic (exact) mass is 329 g/mol. The molecule has 1 saturated carbocycles. The number of aromatic nitrogens is 3. The van der Waals surface area contributed by atoms with Crippen LogP contribution < -0.4 is 4.74 Å². The third-order valence-electron chi connectivity index (χ3n) is 4.08. The Morgan fingerprint density at radius 2 is 1.88 bits per heavy atom. The topological polar surface area (TPSA) is 39.9 Å². The fraction of sp³-hybridized carbons (Fsp3) is 0.333. The van der Waals surface area contributed by atoms with E-state index < -0.39 is 11.6 Å². The molecule has 0 spiro atoms. The second-order valence-electron chi connectivity index (χ2n) is 6.40. The molecular weight excluding hydrogens is 312 g/mol. The number of rotatable bonds is 4. The summed E-state index contributed by atoms with van der Waals surface area (Å²) in [4.78, 5) is 0. The van der Waals surface area contributed by atoms with Gasteiger partial charge < -0.3 is 9.30 Å². The van der Waals surface area contributed by atoms with E-state index in [0.717, 1.165) is 24.1 Å². The summed E-state index contributed by atoms with van der Waals surface area (Å²) in [6, 6.07) is 6.50. The van der Waals surface area contributed by atoms with E-state index in [4.69, 9.17) is 4.74 Å². The molecule has 4 nitrogen and oxygen atoms in total. The molecule has 6 heteroatoms. The Kier molecular flexibility index (Phi) is 3.48. The van der Waals surface area contributed by atoms with Crippen LogP contribution in [0.2, 0.25) is 0 Å². The predicted molar refractivity (Wildman–Crippen MR) is 86.9 cm³/mol. The van der Waals surface area contributed by atoms with E-state index in [9.17, 15) is 8.78 Å². The van der Waals surface area contributed by atoms with Crippen molar-refractivity contribution in [2.24, 2.45) is 0 Å². The fourth-order valence-corrected chi connectivity index (χ4v) is 2.96. The van der Waals surface area contributed by atoms with Crippen LogP contribution in [0.5, 0.6) is 5.88 Å². The van der Waals surface area contributed by atoms with Crippen LogP contribution in [0.3, 0.4) is 0 Å². The first-order valence-corrected chi connectivity index (χ1v) is 8.02. The number of halogens is 2. The third-order valence-corrected chi connectivity index (χ3v) is 4.08. The lowest BCUT2D eigenvalue weighted by molar-refractivity contribution is 0.230. The summed E-state index contributed by atoms with van der Waals surface area (Å²) in [5, 5.41) is 8.66. The van der Waals surface area contributed by atoms with Crippen molar-refractivity contribution in [1.82, 2.24) is 14.8 Å².